The van der Waals surface area contributed by atoms with Crippen LogP contribution >= 0.6 is 0 Å². The van der Waals surface area contributed by atoms with Gasteiger partial charge in [-0.25, -0.2) is 0 Å². The summed E-state index contributed by atoms with van der Waals surface area (Å²) in [4.78, 5) is 11.4. The maximum atomic E-state index is 11.4. The smallest absolute Gasteiger partial charge is 0.162 e. The predicted molar refractivity (Wildman–Crippen MR) is 73.3 cm³/mol. The van der Waals surface area contributed by atoms with Crippen LogP contribution in [0.15, 0.2) is 42.5 Å². The number of ketones is 1. The summed E-state index contributed by atoms with van der Waals surface area (Å²) in [5.74, 6) is 0.961. The van der Waals surface area contributed by atoms with Crippen LogP contribution in [0.25, 0.3) is 0 Å². The van der Waals surface area contributed by atoms with Crippen molar-refractivity contribution in [3.63, 3.8) is 0 Å². The number of hydrogen-bond donors (Lipinski definition) is 2. The highest BCUT2D eigenvalue weighted by molar-refractivity contribution is 5.99. The number of anilines is 1. The Kier molecular flexibility index (Phi) is 3.82. The van der Waals surface area contributed by atoms with Crippen molar-refractivity contribution in [2.45, 2.75) is 13.5 Å². The third-order valence-corrected chi connectivity index (χ3v) is 2.77. The Balaban J connectivity index is 2.33. The molecule has 0 aromatic heterocycles. The number of hydrogen-bond acceptors (Lipinski definition) is 4. The van der Waals surface area contributed by atoms with Crippen LogP contribution in [0.1, 0.15) is 22.8 Å². The van der Waals surface area contributed by atoms with Gasteiger partial charge >= 0.3 is 0 Å². The molecule has 0 saturated heterocycles. The largest absolute Gasteiger partial charge is 0.457 e. The van der Waals surface area contributed by atoms with Crippen molar-refractivity contribution in [1.29, 1.82) is 0 Å². The normalized spacial score (nSPS) is 10.2. The monoisotopic (exact) mass is 257 g/mol. The van der Waals surface area contributed by atoms with E-state index < -0.39 is 0 Å². The second-order valence-corrected chi connectivity index (χ2v) is 4.17. The molecule has 0 atom stereocenters. The first-order valence-electron chi connectivity index (χ1n) is 5.89. The zero-order valence-corrected chi connectivity index (χ0v) is 10.6. The molecule has 2 rings (SSSR count). The Morgan fingerprint density at radius 1 is 1.26 bits per heavy atom. The molecular formula is C15H15NO3. The van der Waals surface area contributed by atoms with Crippen LogP contribution in [0.3, 0.4) is 0 Å². The van der Waals surface area contributed by atoms with Crippen molar-refractivity contribution >= 4 is 11.5 Å². The number of carbonyl (C=O) groups excluding carboxylic acids is 1. The standard InChI is InChI=1S/C15H15NO3/c1-10(18)13-8-12(6-7-14(13)16)19-15-5-3-2-4-11(15)9-17/h2-8,17H,9,16H2,1H3. The highest BCUT2D eigenvalue weighted by Gasteiger charge is 2.08. The third kappa shape index (κ3) is 2.92. The third-order valence-electron chi connectivity index (χ3n) is 2.77. The van der Waals surface area contributed by atoms with Gasteiger partial charge in [0.15, 0.2) is 5.78 Å². The maximum absolute atomic E-state index is 11.4. The number of aliphatic hydroxyl groups is 1. The molecule has 2 aromatic rings. The van der Waals surface area contributed by atoms with Gasteiger partial charge in [0.2, 0.25) is 0 Å². The van der Waals surface area contributed by atoms with Gasteiger partial charge in [-0.05, 0) is 31.2 Å². The number of para-hydroxylation sites is 1. The van der Waals surface area contributed by atoms with E-state index in [1.165, 1.54) is 6.92 Å². The minimum absolute atomic E-state index is 0.106. The van der Waals surface area contributed by atoms with Gasteiger partial charge in [-0.3, -0.25) is 4.79 Å². The summed E-state index contributed by atoms with van der Waals surface area (Å²) in [5, 5.41) is 9.23. The molecule has 0 spiro atoms. The quantitative estimate of drug-likeness (QED) is 0.652. The van der Waals surface area contributed by atoms with Gasteiger partial charge in [0.1, 0.15) is 11.5 Å². The summed E-state index contributed by atoms with van der Waals surface area (Å²) in [6, 6.07) is 12.1. The summed E-state index contributed by atoms with van der Waals surface area (Å²) in [6.07, 6.45) is 0. The molecule has 98 valence electrons. The van der Waals surface area contributed by atoms with Crippen molar-refractivity contribution in [3.05, 3.63) is 53.6 Å². The lowest BCUT2D eigenvalue weighted by Gasteiger charge is -2.11. The number of Topliss-reactive ketones (excluding diaryl/α,β-unsaturated/α-hetero) is 1. The van der Waals surface area contributed by atoms with Gasteiger partial charge in [0.05, 0.1) is 6.61 Å². The van der Waals surface area contributed by atoms with E-state index in [9.17, 15) is 9.90 Å². The minimum atomic E-state index is -0.113. The van der Waals surface area contributed by atoms with E-state index in [4.69, 9.17) is 10.5 Å². The Hall–Kier alpha value is -2.33. The summed E-state index contributed by atoms with van der Waals surface area (Å²) < 4.78 is 5.68. The number of carbonyl (C=O) groups is 1. The molecule has 0 fully saturated rings. The van der Waals surface area contributed by atoms with Gasteiger partial charge in [0, 0.05) is 16.8 Å². The SMILES string of the molecule is CC(=O)c1cc(Oc2ccccc2CO)ccc1N. The van der Waals surface area contributed by atoms with E-state index in [-0.39, 0.29) is 12.4 Å². The molecule has 0 saturated carbocycles. The highest BCUT2D eigenvalue weighted by atomic mass is 16.5. The molecule has 2 aromatic carbocycles. The molecule has 0 amide bonds. The number of aliphatic hydroxyl groups excluding tert-OH is 1. The zero-order chi connectivity index (χ0) is 13.8. The van der Waals surface area contributed by atoms with Gasteiger partial charge in [-0.15, -0.1) is 0 Å². The van der Waals surface area contributed by atoms with E-state index in [1.807, 2.05) is 12.1 Å². The summed E-state index contributed by atoms with van der Waals surface area (Å²) in [5.41, 5.74) is 7.26. The van der Waals surface area contributed by atoms with Crippen LogP contribution in [-0.2, 0) is 6.61 Å². The molecule has 0 aliphatic rings. The molecule has 4 heteroatoms. The molecule has 3 N–H and O–H groups in total. The summed E-state index contributed by atoms with van der Waals surface area (Å²) >= 11 is 0. The van der Waals surface area contributed by atoms with Crippen molar-refractivity contribution in [3.8, 4) is 11.5 Å². The molecule has 19 heavy (non-hydrogen) atoms. The van der Waals surface area contributed by atoms with Crippen LogP contribution in [0, 0.1) is 0 Å². The van der Waals surface area contributed by atoms with E-state index in [0.717, 1.165) is 0 Å². The van der Waals surface area contributed by atoms with Gasteiger partial charge in [-0.2, -0.15) is 0 Å². The lowest BCUT2D eigenvalue weighted by atomic mass is 10.1. The molecule has 4 nitrogen and oxygen atoms in total. The number of benzene rings is 2. The van der Waals surface area contributed by atoms with Crippen molar-refractivity contribution < 1.29 is 14.6 Å². The number of nitrogens with two attached hydrogens (primary N) is 1. The van der Waals surface area contributed by atoms with E-state index >= 15 is 0 Å². The van der Waals surface area contributed by atoms with E-state index in [1.54, 1.807) is 30.3 Å². The summed E-state index contributed by atoms with van der Waals surface area (Å²) in [7, 11) is 0. The average Bonchev–Trinajstić information content (AvgIpc) is 2.41. The first-order chi connectivity index (χ1) is 9.11. The van der Waals surface area contributed by atoms with Crippen molar-refractivity contribution in [2.75, 3.05) is 5.73 Å². The van der Waals surface area contributed by atoms with Crippen molar-refractivity contribution in [1.82, 2.24) is 0 Å². The molecule has 0 aliphatic carbocycles. The highest BCUT2D eigenvalue weighted by Crippen LogP contribution is 2.27. The second kappa shape index (κ2) is 5.54. The fourth-order valence-electron chi connectivity index (χ4n) is 1.76. The molecule has 0 bridgehead atoms. The topological polar surface area (TPSA) is 72.5 Å². The van der Waals surface area contributed by atoms with E-state index in [2.05, 4.69) is 0 Å². The molecular weight excluding hydrogens is 242 g/mol. The van der Waals surface area contributed by atoms with Crippen LogP contribution in [0.5, 0.6) is 11.5 Å². The number of nitrogen functional groups attached to an aromatic ring is 1. The van der Waals surface area contributed by atoms with Crippen molar-refractivity contribution in [2.24, 2.45) is 0 Å². The molecule has 0 radical (unpaired) electrons. The lowest BCUT2D eigenvalue weighted by molar-refractivity contribution is 0.101. The van der Waals surface area contributed by atoms with Crippen LogP contribution in [0.4, 0.5) is 5.69 Å². The second-order valence-electron chi connectivity index (χ2n) is 4.17. The maximum Gasteiger partial charge on any atom is 0.162 e. The Labute approximate surface area is 111 Å². The first-order valence-corrected chi connectivity index (χ1v) is 5.89. The Bertz CT molecular complexity index is 608. The van der Waals surface area contributed by atoms with Gasteiger partial charge in [0.25, 0.3) is 0 Å². The predicted octanol–water partition coefficient (Wildman–Crippen LogP) is 2.76. The fraction of sp³-hybridized carbons (Fsp3) is 0.133. The Morgan fingerprint density at radius 2 is 2.00 bits per heavy atom. The number of rotatable bonds is 4. The van der Waals surface area contributed by atoms with Gasteiger partial charge in [-0.1, -0.05) is 18.2 Å². The fourth-order valence-corrected chi connectivity index (χ4v) is 1.76. The summed E-state index contributed by atoms with van der Waals surface area (Å²) in [6.45, 7) is 1.35. The van der Waals surface area contributed by atoms with Crippen LogP contribution in [0.2, 0.25) is 0 Å². The zero-order valence-electron chi connectivity index (χ0n) is 10.6. The molecule has 0 aliphatic heterocycles. The average molecular weight is 257 g/mol. The Morgan fingerprint density at radius 3 is 2.68 bits per heavy atom. The van der Waals surface area contributed by atoms with Crippen LogP contribution in [-0.4, -0.2) is 10.9 Å². The van der Waals surface area contributed by atoms with Crippen LogP contribution < -0.4 is 10.5 Å². The van der Waals surface area contributed by atoms with Gasteiger partial charge < -0.3 is 15.6 Å². The number of ether oxygens (including phenoxy) is 1. The molecule has 0 unspecified atom stereocenters. The minimum Gasteiger partial charge on any atom is -0.457 e. The lowest BCUT2D eigenvalue weighted by Crippen LogP contribution is -2.00. The van der Waals surface area contributed by atoms with E-state index in [0.29, 0.717) is 28.3 Å². The molecule has 0 heterocycles. The first kappa shape index (κ1) is 13.1.